The van der Waals surface area contributed by atoms with Crippen molar-refractivity contribution in [1.82, 2.24) is 10.6 Å². The van der Waals surface area contributed by atoms with Crippen molar-refractivity contribution < 1.29 is 19.4 Å². The van der Waals surface area contributed by atoms with Crippen LogP contribution < -0.4 is 10.6 Å². The van der Waals surface area contributed by atoms with E-state index in [4.69, 9.17) is 9.84 Å². The van der Waals surface area contributed by atoms with E-state index in [-0.39, 0.29) is 18.6 Å². The normalized spacial score (nSPS) is 22.5. The molecule has 0 aromatic heterocycles. The van der Waals surface area contributed by atoms with Crippen molar-refractivity contribution in [1.29, 1.82) is 0 Å². The summed E-state index contributed by atoms with van der Waals surface area (Å²) in [5, 5.41) is 13.9. The molecule has 6 nitrogen and oxygen atoms in total. The lowest BCUT2D eigenvalue weighted by Gasteiger charge is -2.22. The first-order valence-electron chi connectivity index (χ1n) is 6.85. The average molecular weight is 272 g/mol. The van der Waals surface area contributed by atoms with Gasteiger partial charge < -0.3 is 20.5 Å². The lowest BCUT2D eigenvalue weighted by atomic mass is 9.93. The molecule has 0 spiro atoms. The first-order valence-corrected chi connectivity index (χ1v) is 6.85. The molecule has 0 aromatic rings. The summed E-state index contributed by atoms with van der Waals surface area (Å²) in [7, 11) is 0. The fraction of sp³-hybridized carbons (Fsp3) is 0.846. The van der Waals surface area contributed by atoms with Crippen LogP contribution in [0.15, 0.2) is 0 Å². The fourth-order valence-electron chi connectivity index (χ4n) is 2.34. The largest absolute Gasteiger partial charge is 0.481 e. The van der Waals surface area contributed by atoms with Crippen LogP contribution in [-0.4, -0.2) is 42.9 Å². The number of nitrogens with one attached hydrogen (secondary N) is 2. The summed E-state index contributed by atoms with van der Waals surface area (Å²) in [6.07, 6.45) is 1.71. The third kappa shape index (κ3) is 5.92. The van der Waals surface area contributed by atoms with Crippen LogP contribution in [0.25, 0.3) is 0 Å². The zero-order chi connectivity index (χ0) is 14.3. The Morgan fingerprint density at radius 1 is 1.37 bits per heavy atom. The number of hydrogen-bond acceptors (Lipinski definition) is 3. The summed E-state index contributed by atoms with van der Waals surface area (Å²) in [6.45, 7) is 5.99. The molecule has 1 aliphatic heterocycles. The van der Waals surface area contributed by atoms with Crippen molar-refractivity contribution in [2.24, 2.45) is 11.8 Å². The second kappa shape index (κ2) is 7.99. The number of aliphatic carboxylic acids is 1. The first-order chi connectivity index (χ1) is 9.00. The summed E-state index contributed by atoms with van der Waals surface area (Å²) in [5.74, 6) is -0.0252. The van der Waals surface area contributed by atoms with E-state index in [9.17, 15) is 9.59 Å². The Kier molecular flexibility index (Phi) is 6.62. The van der Waals surface area contributed by atoms with Crippen LogP contribution in [-0.2, 0) is 9.53 Å². The lowest BCUT2D eigenvalue weighted by molar-refractivity contribution is -0.137. The number of carbonyl (C=O) groups is 2. The zero-order valence-corrected chi connectivity index (χ0v) is 11.6. The smallest absolute Gasteiger partial charge is 0.314 e. The lowest BCUT2D eigenvalue weighted by Crippen LogP contribution is -2.41. The van der Waals surface area contributed by atoms with Gasteiger partial charge in [0.1, 0.15) is 0 Å². The standard InChI is InChI=1S/C13H24N2O4/c1-9(2)12-10(5-7-19-12)8-15-13(18)14-6-3-4-11(16)17/h9-10,12H,3-8H2,1-2H3,(H,16,17)(H2,14,15,18). The SMILES string of the molecule is CC(C)C1OCCC1CNC(=O)NCCCC(=O)O. The molecular weight excluding hydrogens is 248 g/mol. The second-order valence-electron chi connectivity index (χ2n) is 5.26. The van der Waals surface area contributed by atoms with Gasteiger partial charge in [0, 0.05) is 32.0 Å². The second-order valence-corrected chi connectivity index (χ2v) is 5.26. The van der Waals surface area contributed by atoms with E-state index in [1.54, 1.807) is 0 Å². The van der Waals surface area contributed by atoms with Crippen molar-refractivity contribution in [3.8, 4) is 0 Å². The number of ether oxygens (including phenoxy) is 1. The van der Waals surface area contributed by atoms with Gasteiger partial charge in [-0.05, 0) is 18.8 Å². The molecule has 1 rings (SSSR count). The van der Waals surface area contributed by atoms with Crippen LogP contribution in [0.5, 0.6) is 0 Å². The molecule has 6 heteroatoms. The molecule has 1 heterocycles. The molecular formula is C13H24N2O4. The van der Waals surface area contributed by atoms with Gasteiger partial charge in [-0.1, -0.05) is 13.8 Å². The topological polar surface area (TPSA) is 87.7 Å². The average Bonchev–Trinajstić information content (AvgIpc) is 2.80. The maximum absolute atomic E-state index is 11.5. The summed E-state index contributed by atoms with van der Waals surface area (Å²) in [5.41, 5.74) is 0. The van der Waals surface area contributed by atoms with E-state index in [0.717, 1.165) is 13.0 Å². The van der Waals surface area contributed by atoms with E-state index >= 15 is 0 Å². The van der Waals surface area contributed by atoms with Gasteiger partial charge in [0.15, 0.2) is 0 Å². The fourth-order valence-corrected chi connectivity index (χ4v) is 2.34. The number of carbonyl (C=O) groups excluding carboxylic acids is 1. The molecule has 3 N–H and O–H groups in total. The number of rotatable bonds is 7. The highest BCUT2D eigenvalue weighted by Gasteiger charge is 2.30. The van der Waals surface area contributed by atoms with Gasteiger partial charge >= 0.3 is 12.0 Å². The van der Waals surface area contributed by atoms with Crippen molar-refractivity contribution in [2.45, 2.75) is 39.2 Å². The third-order valence-electron chi connectivity index (χ3n) is 3.30. The van der Waals surface area contributed by atoms with Crippen molar-refractivity contribution in [2.75, 3.05) is 19.7 Å². The van der Waals surface area contributed by atoms with E-state index in [1.807, 2.05) is 0 Å². The van der Waals surface area contributed by atoms with E-state index in [2.05, 4.69) is 24.5 Å². The molecule has 0 aliphatic carbocycles. The highest BCUT2D eigenvalue weighted by Crippen LogP contribution is 2.25. The zero-order valence-electron chi connectivity index (χ0n) is 11.6. The predicted octanol–water partition coefficient (Wildman–Crippen LogP) is 1.21. The molecule has 1 saturated heterocycles. The Labute approximate surface area is 113 Å². The van der Waals surface area contributed by atoms with Gasteiger partial charge in [-0.3, -0.25) is 4.79 Å². The molecule has 1 aliphatic rings. The third-order valence-corrected chi connectivity index (χ3v) is 3.30. The molecule has 0 saturated carbocycles. The van der Waals surface area contributed by atoms with Gasteiger partial charge in [-0.2, -0.15) is 0 Å². The molecule has 110 valence electrons. The Hall–Kier alpha value is -1.30. The van der Waals surface area contributed by atoms with Gasteiger partial charge in [-0.15, -0.1) is 0 Å². The van der Waals surface area contributed by atoms with Crippen LogP contribution in [0, 0.1) is 11.8 Å². The maximum Gasteiger partial charge on any atom is 0.314 e. The minimum absolute atomic E-state index is 0.0756. The Bertz CT molecular complexity index is 307. The number of carboxylic acid groups (broad SMARTS) is 1. The van der Waals surface area contributed by atoms with Crippen molar-refractivity contribution in [3.05, 3.63) is 0 Å². The maximum atomic E-state index is 11.5. The van der Waals surface area contributed by atoms with Crippen molar-refractivity contribution >= 4 is 12.0 Å². The quantitative estimate of drug-likeness (QED) is 0.608. The molecule has 2 amide bonds. The van der Waals surface area contributed by atoms with E-state index in [0.29, 0.717) is 31.3 Å². The highest BCUT2D eigenvalue weighted by molar-refractivity contribution is 5.73. The molecule has 19 heavy (non-hydrogen) atoms. The molecule has 1 fully saturated rings. The molecule has 2 atom stereocenters. The minimum Gasteiger partial charge on any atom is -0.481 e. The van der Waals surface area contributed by atoms with Crippen LogP contribution in [0.1, 0.15) is 33.1 Å². The minimum atomic E-state index is -0.843. The Morgan fingerprint density at radius 3 is 2.74 bits per heavy atom. The number of carboxylic acids is 1. The summed E-state index contributed by atoms with van der Waals surface area (Å²) in [4.78, 5) is 21.8. The summed E-state index contributed by atoms with van der Waals surface area (Å²) >= 11 is 0. The van der Waals surface area contributed by atoms with Crippen molar-refractivity contribution in [3.63, 3.8) is 0 Å². The first kappa shape index (κ1) is 15.8. The summed E-state index contributed by atoms with van der Waals surface area (Å²) < 4.78 is 5.65. The number of urea groups is 1. The van der Waals surface area contributed by atoms with Gasteiger partial charge in [0.25, 0.3) is 0 Å². The van der Waals surface area contributed by atoms with E-state index < -0.39 is 5.97 Å². The Morgan fingerprint density at radius 2 is 2.11 bits per heavy atom. The van der Waals surface area contributed by atoms with Crippen LogP contribution in [0.3, 0.4) is 0 Å². The van der Waals surface area contributed by atoms with Crippen LogP contribution >= 0.6 is 0 Å². The summed E-state index contributed by atoms with van der Waals surface area (Å²) in [6, 6.07) is -0.236. The molecule has 0 bridgehead atoms. The molecule has 2 unspecified atom stereocenters. The predicted molar refractivity (Wildman–Crippen MR) is 71.0 cm³/mol. The molecule has 0 radical (unpaired) electrons. The molecule has 0 aromatic carbocycles. The number of hydrogen-bond donors (Lipinski definition) is 3. The van der Waals surface area contributed by atoms with Crippen LogP contribution in [0.2, 0.25) is 0 Å². The van der Waals surface area contributed by atoms with Gasteiger partial charge in [0.2, 0.25) is 0 Å². The van der Waals surface area contributed by atoms with Gasteiger partial charge in [0.05, 0.1) is 6.10 Å². The van der Waals surface area contributed by atoms with Gasteiger partial charge in [-0.25, -0.2) is 4.79 Å². The van der Waals surface area contributed by atoms with Crippen LogP contribution in [0.4, 0.5) is 4.79 Å². The van der Waals surface area contributed by atoms with E-state index in [1.165, 1.54) is 0 Å². The monoisotopic (exact) mass is 272 g/mol. The Balaban J connectivity index is 2.14. The highest BCUT2D eigenvalue weighted by atomic mass is 16.5. The number of amides is 2.